The van der Waals surface area contributed by atoms with Crippen molar-refractivity contribution in [3.8, 4) is 0 Å². The van der Waals surface area contributed by atoms with E-state index in [9.17, 15) is 9.59 Å². The molecule has 3 rings (SSSR count). The summed E-state index contributed by atoms with van der Waals surface area (Å²) in [7, 11) is 0. The van der Waals surface area contributed by atoms with Crippen LogP contribution in [0, 0.1) is 5.41 Å². The van der Waals surface area contributed by atoms with E-state index in [-0.39, 0.29) is 11.8 Å². The van der Waals surface area contributed by atoms with Crippen LogP contribution in [0.3, 0.4) is 0 Å². The summed E-state index contributed by atoms with van der Waals surface area (Å²) in [5.74, 6) is 0.275. The summed E-state index contributed by atoms with van der Waals surface area (Å²) in [6.07, 6.45) is 9.38. The topological polar surface area (TPSA) is 40.6 Å². The van der Waals surface area contributed by atoms with Crippen molar-refractivity contribution in [2.45, 2.75) is 70.8 Å². The van der Waals surface area contributed by atoms with Crippen molar-refractivity contribution < 1.29 is 9.59 Å². The molecule has 1 unspecified atom stereocenters. The Labute approximate surface area is 127 Å². The third-order valence-electron chi connectivity index (χ3n) is 5.57. The summed E-state index contributed by atoms with van der Waals surface area (Å²) in [6.45, 7) is 4.71. The van der Waals surface area contributed by atoms with Crippen LogP contribution < -0.4 is 0 Å². The molecule has 1 atom stereocenters. The zero-order valence-electron chi connectivity index (χ0n) is 13.3. The Balaban J connectivity index is 1.71. The van der Waals surface area contributed by atoms with Gasteiger partial charge in [-0.15, -0.1) is 0 Å². The molecule has 1 saturated carbocycles. The van der Waals surface area contributed by atoms with Gasteiger partial charge < -0.3 is 9.80 Å². The van der Waals surface area contributed by atoms with Gasteiger partial charge in [-0.05, 0) is 57.8 Å². The Kier molecular flexibility index (Phi) is 4.23. The molecule has 1 aliphatic carbocycles. The normalized spacial score (nSPS) is 28.3. The van der Waals surface area contributed by atoms with Crippen LogP contribution in [0.25, 0.3) is 0 Å². The number of carbonyl (C=O) groups excluding carboxylic acids is 2. The number of rotatable bonds is 3. The molecule has 2 saturated heterocycles. The van der Waals surface area contributed by atoms with Crippen molar-refractivity contribution in [1.29, 1.82) is 0 Å². The maximum Gasteiger partial charge on any atom is 0.238 e. The number of nitrogens with zero attached hydrogens (tertiary/aromatic N) is 2. The SMILES string of the molecule is CCC1CCCCN1C(=O)C1(C(=O)N2CCCCC2)CC1. The van der Waals surface area contributed by atoms with Crippen LogP contribution in [0.15, 0.2) is 0 Å². The van der Waals surface area contributed by atoms with E-state index < -0.39 is 5.41 Å². The van der Waals surface area contributed by atoms with Crippen molar-refractivity contribution in [2.75, 3.05) is 19.6 Å². The van der Waals surface area contributed by atoms with Crippen molar-refractivity contribution in [1.82, 2.24) is 9.80 Å². The Morgan fingerprint density at radius 2 is 1.62 bits per heavy atom. The number of carbonyl (C=O) groups is 2. The van der Waals surface area contributed by atoms with E-state index in [4.69, 9.17) is 0 Å². The highest BCUT2D eigenvalue weighted by molar-refractivity contribution is 6.08. The van der Waals surface area contributed by atoms with Crippen molar-refractivity contribution >= 4 is 11.8 Å². The summed E-state index contributed by atoms with van der Waals surface area (Å²) in [6, 6.07) is 0.359. The summed E-state index contributed by atoms with van der Waals surface area (Å²) in [5, 5.41) is 0. The standard InChI is InChI=1S/C17H28N2O2/c1-2-14-8-4-7-13-19(14)16(21)17(9-10-17)15(20)18-11-5-3-6-12-18/h14H,2-13H2,1H3. The lowest BCUT2D eigenvalue weighted by Gasteiger charge is -2.39. The zero-order chi connectivity index (χ0) is 14.9. The first-order chi connectivity index (χ1) is 10.2. The van der Waals surface area contributed by atoms with Crippen molar-refractivity contribution in [3.63, 3.8) is 0 Å². The third kappa shape index (κ3) is 2.69. The lowest BCUT2D eigenvalue weighted by atomic mass is 9.94. The number of hydrogen-bond acceptors (Lipinski definition) is 2. The molecule has 0 aromatic rings. The summed E-state index contributed by atoms with van der Waals surface area (Å²) < 4.78 is 0. The third-order valence-corrected chi connectivity index (χ3v) is 5.57. The fourth-order valence-corrected chi connectivity index (χ4v) is 4.01. The van der Waals surface area contributed by atoms with E-state index in [2.05, 4.69) is 6.92 Å². The Bertz CT molecular complexity index is 411. The van der Waals surface area contributed by atoms with Crippen LogP contribution in [0.4, 0.5) is 0 Å². The maximum atomic E-state index is 13.0. The molecule has 2 aliphatic heterocycles. The van der Waals surface area contributed by atoms with Gasteiger partial charge in [-0.25, -0.2) is 0 Å². The second-order valence-corrected chi connectivity index (χ2v) is 6.99. The zero-order valence-corrected chi connectivity index (χ0v) is 13.3. The summed E-state index contributed by atoms with van der Waals surface area (Å²) >= 11 is 0. The average molecular weight is 292 g/mol. The second-order valence-electron chi connectivity index (χ2n) is 6.99. The molecule has 3 aliphatic rings. The van der Waals surface area contributed by atoms with Crippen molar-refractivity contribution in [2.24, 2.45) is 5.41 Å². The van der Waals surface area contributed by atoms with Crippen LogP contribution in [0.5, 0.6) is 0 Å². The molecule has 21 heavy (non-hydrogen) atoms. The Morgan fingerprint density at radius 1 is 0.952 bits per heavy atom. The van der Waals surface area contributed by atoms with Gasteiger partial charge in [0.05, 0.1) is 0 Å². The first kappa shape index (κ1) is 14.9. The first-order valence-corrected chi connectivity index (χ1v) is 8.79. The molecule has 0 aromatic heterocycles. The van der Waals surface area contributed by atoms with E-state index in [0.717, 1.165) is 64.6 Å². The fourth-order valence-electron chi connectivity index (χ4n) is 4.01. The minimum Gasteiger partial charge on any atom is -0.342 e. The van der Waals surface area contributed by atoms with E-state index in [1.165, 1.54) is 12.8 Å². The number of hydrogen-bond donors (Lipinski definition) is 0. The van der Waals surface area contributed by atoms with Gasteiger partial charge in [-0.3, -0.25) is 9.59 Å². The minimum absolute atomic E-state index is 0.132. The largest absolute Gasteiger partial charge is 0.342 e. The van der Waals surface area contributed by atoms with Crippen LogP contribution >= 0.6 is 0 Å². The molecule has 4 heteroatoms. The maximum absolute atomic E-state index is 13.0. The molecule has 118 valence electrons. The number of amides is 2. The first-order valence-electron chi connectivity index (χ1n) is 8.79. The molecule has 0 radical (unpaired) electrons. The van der Waals surface area contributed by atoms with Crippen LogP contribution in [-0.4, -0.2) is 47.3 Å². The fraction of sp³-hybridized carbons (Fsp3) is 0.882. The van der Waals surface area contributed by atoms with Gasteiger partial charge in [0, 0.05) is 25.7 Å². The van der Waals surface area contributed by atoms with Crippen LogP contribution in [-0.2, 0) is 9.59 Å². The highest BCUT2D eigenvalue weighted by atomic mass is 16.2. The minimum atomic E-state index is -0.665. The van der Waals surface area contributed by atoms with E-state index >= 15 is 0 Å². The Hall–Kier alpha value is -1.06. The van der Waals surface area contributed by atoms with Gasteiger partial charge in [-0.2, -0.15) is 0 Å². The molecule has 0 aromatic carbocycles. The molecule has 4 nitrogen and oxygen atoms in total. The number of likely N-dealkylation sites (tertiary alicyclic amines) is 2. The predicted molar refractivity (Wildman–Crippen MR) is 81.7 cm³/mol. The lowest BCUT2D eigenvalue weighted by molar-refractivity contribution is -0.152. The predicted octanol–water partition coefficient (Wildman–Crippen LogP) is 2.57. The lowest BCUT2D eigenvalue weighted by Crippen LogP contribution is -2.52. The van der Waals surface area contributed by atoms with Gasteiger partial charge in [0.25, 0.3) is 0 Å². The van der Waals surface area contributed by atoms with E-state index in [1.807, 2.05) is 9.80 Å². The molecule has 0 spiro atoms. The smallest absolute Gasteiger partial charge is 0.238 e. The van der Waals surface area contributed by atoms with Crippen LogP contribution in [0.1, 0.15) is 64.7 Å². The molecule has 0 N–H and O–H groups in total. The quantitative estimate of drug-likeness (QED) is 0.750. The van der Waals surface area contributed by atoms with Gasteiger partial charge in [0.1, 0.15) is 5.41 Å². The van der Waals surface area contributed by atoms with Crippen molar-refractivity contribution in [3.05, 3.63) is 0 Å². The molecule has 0 bridgehead atoms. The van der Waals surface area contributed by atoms with Gasteiger partial charge in [-0.1, -0.05) is 6.92 Å². The van der Waals surface area contributed by atoms with Gasteiger partial charge in [0.2, 0.25) is 11.8 Å². The molecule has 2 heterocycles. The second kappa shape index (κ2) is 5.98. The summed E-state index contributed by atoms with van der Waals surface area (Å²) in [4.78, 5) is 29.9. The number of piperidine rings is 2. The van der Waals surface area contributed by atoms with E-state index in [1.54, 1.807) is 0 Å². The van der Waals surface area contributed by atoms with Gasteiger partial charge in [0.15, 0.2) is 0 Å². The molecule has 2 amide bonds. The van der Waals surface area contributed by atoms with Crippen LogP contribution in [0.2, 0.25) is 0 Å². The average Bonchev–Trinajstić information content (AvgIpc) is 3.36. The highest BCUT2D eigenvalue weighted by Gasteiger charge is 2.59. The highest BCUT2D eigenvalue weighted by Crippen LogP contribution is 2.50. The molecular formula is C17H28N2O2. The monoisotopic (exact) mass is 292 g/mol. The van der Waals surface area contributed by atoms with Gasteiger partial charge >= 0.3 is 0 Å². The molecular weight excluding hydrogens is 264 g/mol. The molecule has 3 fully saturated rings. The summed E-state index contributed by atoms with van der Waals surface area (Å²) in [5.41, 5.74) is -0.665. The Morgan fingerprint density at radius 3 is 2.24 bits per heavy atom. The van der Waals surface area contributed by atoms with E-state index in [0.29, 0.717) is 6.04 Å².